The average Bonchev–Trinajstić information content (AvgIpc) is 1.97. The fraction of sp³-hybridized carbons (Fsp3) is 0.875. The lowest BCUT2D eigenvalue weighted by Crippen LogP contribution is -2.35. The molecule has 0 aliphatic carbocycles. The zero-order valence-corrected chi connectivity index (χ0v) is 7.54. The van der Waals surface area contributed by atoms with Gasteiger partial charge in [0, 0.05) is 19.7 Å². The number of hydrogen-bond acceptors (Lipinski definition) is 3. The lowest BCUT2D eigenvalue weighted by Gasteiger charge is -2.23. The molecule has 0 fully saturated rings. The van der Waals surface area contributed by atoms with Crippen molar-refractivity contribution in [3.05, 3.63) is 0 Å². The summed E-state index contributed by atoms with van der Waals surface area (Å²) in [6.45, 7) is 6.15. The van der Waals surface area contributed by atoms with Crippen molar-refractivity contribution < 1.29 is 9.53 Å². The molecular formula is C8H17NO2. The molecule has 11 heavy (non-hydrogen) atoms. The first kappa shape index (κ1) is 10.6. The van der Waals surface area contributed by atoms with Gasteiger partial charge in [0.2, 0.25) is 0 Å². The van der Waals surface area contributed by atoms with Crippen LogP contribution in [0.25, 0.3) is 0 Å². The minimum Gasteiger partial charge on any atom is -0.383 e. The predicted molar refractivity (Wildman–Crippen MR) is 44.6 cm³/mol. The van der Waals surface area contributed by atoms with Crippen molar-refractivity contribution in [2.75, 3.05) is 26.8 Å². The van der Waals surface area contributed by atoms with Crippen molar-refractivity contribution in [1.29, 1.82) is 0 Å². The molecule has 3 nitrogen and oxygen atoms in total. The molecule has 0 aliphatic rings. The van der Waals surface area contributed by atoms with Crippen LogP contribution in [-0.2, 0) is 9.53 Å². The highest BCUT2D eigenvalue weighted by Gasteiger charge is 2.06. The van der Waals surface area contributed by atoms with E-state index in [0.717, 1.165) is 12.8 Å². The second kappa shape index (κ2) is 6.31. The van der Waals surface area contributed by atoms with Crippen molar-refractivity contribution in [1.82, 2.24) is 4.90 Å². The summed E-state index contributed by atoms with van der Waals surface area (Å²) in [7, 11) is 1.67. The third-order valence-corrected chi connectivity index (χ3v) is 1.62. The van der Waals surface area contributed by atoms with E-state index in [-0.39, 0.29) is 0 Å². The van der Waals surface area contributed by atoms with Gasteiger partial charge >= 0.3 is 0 Å². The Hall–Kier alpha value is -0.410. The van der Waals surface area contributed by atoms with Crippen LogP contribution >= 0.6 is 0 Å². The lowest BCUT2D eigenvalue weighted by atomic mass is 10.3. The molecule has 0 aromatic heterocycles. The highest BCUT2D eigenvalue weighted by Crippen LogP contribution is 1.95. The van der Waals surface area contributed by atoms with Crippen LogP contribution in [0.3, 0.4) is 0 Å². The van der Waals surface area contributed by atoms with E-state index in [1.54, 1.807) is 7.11 Å². The molecule has 0 aromatic carbocycles. The van der Waals surface area contributed by atoms with Crippen molar-refractivity contribution in [2.24, 2.45) is 0 Å². The van der Waals surface area contributed by atoms with E-state index in [0.29, 0.717) is 19.2 Å². The zero-order chi connectivity index (χ0) is 8.69. The Bertz CT molecular complexity index is 104. The van der Waals surface area contributed by atoms with Crippen LogP contribution in [0, 0.1) is 0 Å². The molecule has 0 spiro atoms. The van der Waals surface area contributed by atoms with Crippen LogP contribution in [0.2, 0.25) is 0 Å². The molecule has 0 bridgehead atoms. The summed E-state index contributed by atoms with van der Waals surface area (Å²) < 4.78 is 4.91. The number of rotatable bonds is 6. The molecule has 0 amide bonds. The Morgan fingerprint density at radius 2 is 2.18 bits per heavy atom. The van der Waals surface area contributed by atoms with Gasteiger partial charge in [0.25, 0.3) is 0 Å². The van der Waals surface area contributed by atoms with Crippen LogP contribution in [0.4, 0.5) is 0 Å². The summed E-state index contributed by atoms with van der Waals surface area (Å²) in [5.74, 6) is 0. The molecule has 0 heterocycles. The maximum Gasteiger partial charge on any atom is 0.133 e. The quantitative estimate of drug-likeness (QED) is 0.530. The molecule has 0 saturated heterocycles. The minimum absolute atomic E-state index is 0.412. The molecule has 0 rings (SSSR count). The molecule has 0 unspecified atom stereocenters. The van der Waals surface area contributed by atoms with E-state index in [1.165, 1.54) is 0 Å². The lowest BCUT2D eigenvalue weighted by molar-refractivity contribution is -0.109. The number of ether oxygens (including phenoxy) is 1. The molecule has 0 radical (unpaired) electrons. The second-order valence-corrected chi connectivity index (χ2v) is 2.75. The molecule has 0 atom stereocenters. The van der Waals surface area contributed by atoms with Crippen LogP contribution in [0.1, 0.15) is 13.8 Å². The standard InChI is InChI=1S/C8H17NO2/c1-8(2)9(4-6-10)5-7-11-3/h6,8H,4-5,7H2,1-3H3. The molecule has 66 valence electrons. The van der Waals surface area contributed by atoms with Gasteiger partial charge in [-0.15, -0.1) is 0 Å². The monoisotopic (exact) mass is 159 g/mol. The topological polar surface area (TPSA) is 29.5 Å². The third-order valence-electron chi connectivity index (χ3n) is 1.62. The van der Waals surface area contributed by atoms with Crippen LogP contribution in [0.15, 0.2) is 0 Å². The minimum atomic E-state index is 0.412. The van der Waals surface area contributed by atoms with E-state index in [2.05, 4.69) is 18.7 Å². The predicted octanol–water partition coefficient (Wildman–Crippen LogP) is 0.542. The molecule has 0 saturated carbocycles. The summed E-state index contributed by atoms with van der Waals surface area (Å²) in [5.41, 5.74) is 0. The summed E-state index contributed by atoms with van der Waals surface area (Å²) in [6.07, 6.45) is 0.926. The highest BCUT2D eigenvalue weighted by atomic mass is 16.5. The van der Waals surface area contributed by atoms with Gasteiger partial charge in [-0.25, -0.2) is 0 Å². The summed E-state index contributed by atoms with van der Waals surface area (Å²) >= 11 is 0. The number of hydrogen-bond donors (Lipinski definition) is 0. The van der Waals surface area contributed by atoms with Crippen LogP contribution < -0.4 is 0 Å². The summed E-state index contributed by atoms with van der Waals surface area (Å²) in [4.78, 5) is 12.3. The molecule has 0 aromatic rings. The number of methoxy groups -OCH3 is 1. The van der Waals surface area contributed by atoms with Crippen LogP contribution in [-0.4, -0.2) is 44.0 Å². The average molecular weight is 159 g/mol. The number of carbonyl (C=O) groups excluding carboxylic acids is 1. The Balaban J connectivity index is 3.59. The molecule has 0 aliphatic heterocycles. The first-order chi connectivity index (χ1) is 5.22. The maximum atomic E-state index is 10.2. The highest BCUT2D eigenvalue weighted by molar-refractivity contribution is 5.52. The Morgan fingerprint density at radius 1 is 1.55 bits per heavy atom. The van der Waals surface area contributed by atoms with E-state index >= 15 is 0 Å². The number of aldehydes is 1. The maximum absolute atomic E-state index is 10.2. The largest absolute Gasteiger partial charge is 0.383 e. The molecule has 0 N–H and O–H groups in total. The van der Waals surface area contributed by atoms with Crippen LogP contribution in [0.5, 0.6) is 0 Å². The van der Waals surface area contributed by atoms with Crippen molar-refractivity contribution >= 4 is 6.29 Å². The Labute approximate surface area is 68.3 Å². The van der Waals surface area contributed by atoms with Gasteiger partial charge in [0.05, 0.1) is 13.2 Å². The van der Waals surface area contributed by atoms with Gasteiger partial charge in [-0.1, -0.05) is 0 Å². The van der Waals surface area contributed by atoms with E-state index in [4.69, 9.17) is 4.74 Å². The Morgan fingerprint density at radius 3 is 2.55 bits per heavy atom. The number of nitrogens with zero attached hydrogens (tertiary/aromatic N) is 1. The molecular weight excluding hydrogens is 142 g/mol. The Kier molecular flexibility index (Phi) is 6.07. The summed E-state index contributed by atoms with van der Waals surface area (Å²) in [6, 6.07) is 0.412. The van der Waals surface area contributed by atoms with Gasteiger partial charge in [0.1, 0.15) is 6.29 Å². The normalized spacial score (nSPS) is 11.0. The van der Waals surface area contributed by atoms with E-state index < -0.39 is 0 Å². The van der Waals surface area contributed by atoms with Gasteiger partial charge in [0.15, 0.2) is 0 Å². The molecule has 3 heteroatoms. The second-order valence-electron chi connectivity index (χ2n) is 2.75. The van der Waals surface area contributed by atoms with Gasteiger partial charge < -0.3 is 9.53 Å². The SMILES string of the molecule is COCCN(CC=O)C(C)C. The van der Waals surface area contributed by atoms with Gasteiger partial charge in [-0.3, -0.25) is 4.90 Å². The first-order valence-electron chi connectivity index (χ1n) is 3.89. The van der Waals surface area contributed by atoms with E-state index in [9.17, 15) is 4.79 Å². The van der Waals surface area contributed by atoms with Crippen molar-refractivity contribution in [2.45, 2.75) is 19.9 Å². The third kappa shape index (κ3) is 4.93. The fourth-order valence-electron chi connectivity index (χ4n) is 0.865. The zero-order valence-electron chi connectivity index (χ0n) is 7.54. The smallest absolute Gasteiger partial charge is 0.133 e. The van der Waals surface area contributed by atoms with E-state index in [1.807, 2.05) is 0 Å². The first-order valence-corrected chi connectivity index (χ1v) is 3.89. The number of carbonyl (C=O) groups is 1. The van der Waals surface area contributed by atoms with Crippen molar-refractivity contribution in [3.63, 3.8) is 0 Å². The van der Waals surface area contributed by atoms with Gasteiger partial charge in [-0.2, -0.15) is 0 Å². The van der Waals surface area contributed by atoms with Gasteiger partial charge in [-0.05, 0) is 13.8 Å². The summed E-state index contributed by atoms with van der Waals surface area (Å²) in [5, 5.41) is 0. The van der Waals surface area contributed by atoms with Crippen molar-refractivity contribution in [3.8, 4) is 0 Å². The fourth-order valence-corrected chi connectivity index (χ4v) is 0.865.